The van der Waals surface area contributed by atoms with Crippen molar-refractivity contribution in [2.45, 2.75) is 12.8 Å². The Bertz CT molecular complexity index is 990. The van der Waals surface area contributed by atoms with Crippen molar-refractivity contribution >= 4 is 50.8 Å². The zero-order valence-corrected chi connectivity index (χ0v) is 20.1. The summed E-state index contributed by atoms with van der Waals surface area (Å²) in [6.07, 6.45) is 2.16. The molecule has 3 aromatic rings. The van der Waals surface area contributed by atoms with E-state index in [1.807, 2.05) is 42.5 Å². The molecule has 0 aliphatic carbocycles. The molecule has 2 heterocycles. The van der Waals surface area contributed by atoms with Gasteiger partial charge in [0.15, 0.2) is 0 Å². The minimum absolute atomic E-state index is 0.522. The molecule has 1 aliphatic rings. The van der Waals surface area contributed by atoms with E-state index in [0.717, 1.165) is 72.9 Å². The number of anilines is 2. The van der Waals surface area contributed by atoms with Crippen molar-refractivity contribution in [3.05, 3.63) is 57.0 Å². The Kier molecular flexibility index (Phi) is 7.72. The van der Waals surface area contributed by atoms with Crippen molar-refractivity contribution in [1.82, 2.24) is 15.0 Å². The minimum atomic E-state index is 0.522. The number of halogens is 3. The summed E-state index contributed by atoms with van der Waals surface area (Å²) in [7, 11) is 0. The van der Waals surface area contributed by atoms with E-state index in [2.05, 4.69) is 41.2 Å². The highest BCUT2D eigenvalue weighted by atomic mass is 79.9. The zero-order valence-electron chi connectivity index (χ0n) is 17.0. The Labute approximate surface area is 200 Å². The molecule has 6 nitrogen and oxygen atoms in total. The number of nitrogens with zero attached hydrogens (tertiary/aromatic N) is 4. The molecule has 0 bridgehead atoms. The van der Waals surface area contributed by atoms with Crippen LogP contribution in [-0.2, 0) is 0 Å². The summed E-state index contributed by atoms with van der Waals surface area (Å²) < 4.78 is 6.35. The molecule has 0 atom stereocenters. The first-order valence-electron chi connectivity index (χ1n) is 10.3. The first-order valence-corrected chi connectivity index (χ1v) is 11.9. The Morgan fingerprint density at radius 1 is 1.00 bits per heavy atom. The molecule has 0 unspecified atom stereocenters. The number of hydrogen-bond donors (Lipinski definition) is 1. The van der Waals surface area contributed by atoms with Crippen LogP contribution in [0, 0.1) is 0 Å². The van der Waals surface area contributed by atoms with Gasteiger partial charge in [0, 0.05) is 47.8 Å². The average Bonchev–Trinajstić information content (AvgIpc) is 3.24. The molecule has 4 rings (SSSR count). The molecule has 164 valence electrons. The normalized spacial score (nSPS) is 14.7. The van der Waals surface area contributed by atoms with Crippen LogP contribution in [-0.4, -0.2) is 54.3 Å². The molecule has 0 amide bonds. The molecule has 1 N–H and O–H groups in total. The maximum atomic E-state index is 6.35. The summed E-state index contributed by atoms with van der Waals surface area (Å²) in [5, 5.41) is 8.65. The highest BCUT2D eigenvalue weighted by Crippen LogP contribution is 2.29. The molecule has 0 saturated carbocycles. The second-order valence-electron chi connectivity index (χ2n) is 7.49. The SMILES string of the molecule is Clc1ccc(N2CCN(CCCCNc3noc(-c4ccc(Br)cc4)n3)CC2)c(Cl)c1. The van der Waals surface area contributed by atoms with Crippen LogP contribution in [0.3, 0.4) is 0 Å². The van der Waals surface area contributed by atoms with E-state index in [1.54, 1.807) is 0 Å². The van der Waals surface area contributed by atoms with E-state index in [-0.39, 0.29) is 0 Å². The summed E-state index contributed by atoms with van der Waals surface area (Å²) in [5.41, 5.74) is 1.97. The van der Waals surface area contributed by atoms with Crippen LogP contribution in [0.5, 0.6) is 0 Å². The highest BCUT2D eigenvalue weighted by Gasteiger charge is 2.18. The Balaban J connectivity index is 1.14. The molecule has 31 heavy (non-hydrogen) atoms. The van der Waals surface area contributed by atoms with Crippen LogP contribution in [0.2, 0.25) is 10.0 Å². The van der Waals surface area contributed by atoms with Gasteiger partial charge in [-0.25, -0.2) is 0 Å². The summed E-state index contributed by atoms with van der Waals surface area (Å²) >= 11 is 15.8. The largest absolute Gasteiger partial charge is 0.368 e. The maximum absolute atomic E-state index is 6.35. The van der Waals surface area contributed by atoms with E-state index in [4.69, 9.17) is 27.7 Å². The first-order chi connectivity index (χ1) is 15.1. The molecule has 0 radical (unpaired) electrons. The number of benzene rings is 2. The summed E-state index contributed by atoms with van der Waals surface area (Å²) in [4.78, 5) is 9.24. The first kappa shape index (κ1) is 22.4. The topological polar surface area (TPSA) is 57.4 Å². The Morgan fingerprint density at radius 2 is 1.77 bits per heavy atom. The van der Waals surface area contributed by atoms with Gasteiger partial charge in [0.05, 0.1) is 10.7 Å². The van der Waals surface area contributed by atoms with Gasteiger partial charge < -0.3 is 14.7 Å². The zero-order chi connectivity index (χ0) is 21.6. The summed E-state index contributed by atoms with van der Waals surface area (Å²) in [6, 6.07) is 13.5. The second kappa shape index (κ2) is 10.7. The van der Waals surface area contributed by atoms with Gasteiger partial charge in [0.1, 0.15) is 0 Å². The molecule has 2 aromatic carbocycles. The van der Waals surface area contributed by atoms with E-state index in [9.17, 15) is 0 Å². The van der Waals surface area contributed by atoms with Crippen molar-refractivity contribution in [1.29, 1.82) is 0 Å². The number of rotatable bonds is 8. The maximum Gasteiger partial charge on any atom is 0.263 e. The van der Waals surface area contributed by atoms with Crippen LogP contribution in [0.25, 0.3) is 11.5 Å². The Hall–Kier alpha value is -1.80. The summed E-state index contributed by atoms with van der Waals surface area (Å²) in [5.74, 6) is 1.06. The number of unbranched alkanes of at least 4 members (excludes halogenated alkanes) is 1. The predicted octanol–water partition coefficient (Wildman–Crippen LogP) is 5.82. The van der Waals surface area contributed by atoms with Crippen LogP contribution >= 0.6 is 39.1 Å². The fourth-order valence-corrected chi connectivity index (χ4v) is 4.41. The Morgan fingerprint density at radius 3 is 2.52 bits per heavy atom. The van der Waals surface area contributed by atoms with Gasteiger partial charge in [-0.1, -0.05) is 39.1 Å². The van der Waals surface area contributed by atoms with Gasteiger partial charge in [-0.3, -0.25) is 4.90 Å². The third-order valence-electron chi connectivity index (χ3n) is 5.32. The number of hydrogen-bond acceptors (Lipinski definition) is 6. The summed E-state index contributed by atoms with van der Waals surface area (Å²) in [6.45, 7) is 5.92. The van der Waals surface area contributed by atoms with E-state index < -0.39 is 0 Å². The van der Waals surface area contributed by atoms with E-state index in [0.29, 0.717) is 16.9 Å². The van der Waals surface area contributed by atoms with Crippen molar-refractivity contribution < 1.29 is 4.52 Å². The van der Waals surface area contributed by atoms with Crippen molar-refractivity contribution in [2.24, 2.45) is 0 Å². The second-order valence-corrected chi connectivity index (χ2v) is 9.25. The molecule has 0 spiro atoms. The van der Waals surface area contributed by atoms with Gasteiger partial charge in [-0.05, 0) is 67.0 Å². The smallest absolute Gasteiger partial charge is 0.263 e. The highest BCUT2D eigenvalue weighted by molar-refractivity contribution is 9.10. The van der Waals surface area contributed by atoms with E-state index in [1.165, 1.54) is 0 Å². The van der Waals surface area contributed by atoms with Gasteiger partial charge in [-0.15, -0.1) is 0 Å². The third kappa shape index (κ3) is 6.13. The number of aromatic nitrogens is 2. The molecular formula is C22H24BrCl2N5O. The van der Waals surface area contributed by atoms with Crippen LogP contribution in [0.15, 0.2) is 51.5 Å². The standard InChI is InChI=1S/C22H24BrCl2N5O/c23-17-5-3-16(4-6-17)21-27-22(28-31-21)26-9-1-2-10-29-11-13-30(14-12-29)20-8-7-18(24)15-19(20)25/h3-8,15H,1-2,9-14H2,(H,26,28). The molecular weight excluding hydrogens is 501 g/mol. The van der Waals surface area contributed by atoms with Crippen molar-refractivity contribution in [3.63, 3.8) is 0 Å². The monoisotopic (exact) mass is 523 g/mol. The van der Waals surface area contributed by atoms with Gasteiger partial charge >= 0.3 is 0 Å². The lowest BCUT2D eigenvalue weighted by Crippen LogP contribution is -2.46. The molecule has 9 heteroatoms. The number of nitrogens with one attached hydrogen (secondary N) is 1. The molecule has 1 aliphatic heterocycles. The quantitative estimate of drug-likeness (QED) is 0.374. The van der Waals surface area contributed by atoms with Crippen LogP contribution in [0.1, 0.15) is 12.8 Å². The third-order valence-corrected chi connectivity index (χ3v) is 6.39. The van der Waals surface area contributed by atoms with Gasteiger partial charge in [0.2, 0.25) is 0 Å². The lowest BCUT2D eigenvalue weighted by molar-refractivity contribution is 0.254. The molecule has 1 aromatic heterocycles. The molecule has 1 fully saturated rings. The van der Waals surface area contributed by atoms with Crippen LogP contribution in [0.4, 0.5) is 11.6 Å². The van der Waals surface area contributed by atoms with Crippen molar-refractivity contribution in [3.8, 4) is 11.5 Å². The fraction of sp³-hybridized carbons (Fsp3) is 0.364. The number of piperazine rings is 1. The minimum Gasteiger partial charge on any atom is -0.368 e. The van der Waals surface area contributed by atoms with Gasteiger partial charge in [0.25, 0.3) is 11.8 Å². The lowest BCUT2D eigenvalue weighted by Gasteiger charge is -2.36. The van der Waals surface area contributed by atoms with Gasteiger partial charge in [-0.2, -0.15) is 4.98 Å². The van der Waals surface area contributed by atoms with Crippen molar-refractivity contribution in [2.75, 3.05) is 49.5 Å². The van der Waals surface area contributed by atoms with E-state index >= 15 is 0 Å². The lowest BCUT2D eigenvalue weighted by atomic mass is 10.2. The fourth-order valence-electron chi connectivity index (χ4n) is 3.62. The molecule has 1 saturated heterocycles. The predicted molar refractivity (Wildman–Crippen MR) is 130 cm³/mol. The van der Waals surface area contributed by atoms with Crippen LogP contribution < -0.4 is 10.2 Å². The average molecular weight is 525 g/mol.